The van der Waals surface area contributed by atoms with Crippen molar-refractivity contribution in [1.29, 1.82) is 0 Å². The van der Waals surface area contributed by atoms with E-state index in [1.165, 1.54) is 12.1 Å². The fourth-order valence-electron chi connectivity index (χ4n) is 1.90. The van der Waals surface area contributed by atoms with Crippen molar-refractivity contribution in [2.45, 2.75) is 6.61 Å². The largest absolute Gasteiger partial charge is 0.482 e. The van der Waals surface area contributed by atoms with Crippen molar-refractivity contribution in [2.24, 2.45) is 0 Å². The lowest BCUT2D eigenvalue weighted by atomic mass is 10.2. The Bertz CT molecular complexity index is 581. The average molecular weight is 328 g/mol. The molecule has 0 aliphatic heterocycles. The lowest BCUT2D eigenvalue weighted by Crippen LogP contribution is -2.03. The number of rotatable bonds is 9. The summed E-state index contributed by atoms with van der Waals surface area (Å²) in [4.78, 5) is 0. The molecular weight excluding hydrogens is 313 g/mol. The van der Waals surface area contributed by atoms with E-state index in [4.69, 9.17) is 14.2 Å². The molecule has 2 rings (SSSR count). The van der Waals surface area contributed by atoms with Crippen LogP contribution in [-0.2, 0) is 6.61 Å². The highest BCUT2D eigenvalue weighted by Gasteiger charge is 2.17. The number of hydrogen-bond acceptors (Lipinski definition) is 4. The molecule has 0 spiro atoms. The van der Waals surface area contributed by atoms with Crippen molar-refractivity contribution < 1.29 is 32.1 Å². The third kappa shape index (κ3) is 4.70. The van der Waals surface area contributed by atoms with Crippen LogP contribution in [0.1, 0.15) is 5.56 Å². The normalized spacial score (nSPS) is 10.2. The molecule has 0 unspecified atom stereocenters. The SMILES string of the molecule is FCOc1cc(OCF)c(OCc2ccccc2)c(OCF)c1. The summed E-state index contributed by atoms with van der Waals surface area (Å²) in [7, 11) is 0. The first-order chi connectivity index (χ1) is 11.3. The summed E-state index contributed by atoms with van der Waals surface area (Å²) >= 11 is 0. The maximum Gasteiger partial charge on any atom is 0.228 e. The highest BCUT2D eigenvalue weighted by molar-refractivity contribution is 5.56. The Morgan fingerprint density at radius 3 is 1.78 bits per heavy atom. The smallest absolute Gasteiger partial charge is 0.228 e. The Hall–Kier alpha value is -2.57. The highest BCUT2D eigenvalue weighted by atomic mass is 19.1. The quantitative estimate of drug-likeness (QED) is 0.692. The first-order valence-corrected chi connectivity index (χ1v) is 6.69. The summed E-state index contributed by atoms with van der Waals surface area (Å²) in [6.07, 6.45) is 0. The number of benzene rings is 2. The van der Waals surface area contributed by atoms with E-state index >= 15 is 0 Å². The third-order valence-electron chi connectivity index (χ3n) is 2.86. The molecule has 0 atom stereocenters. The van der Waals surface area contributed by atoms with Crippen molar-refractivity contribution in [2.75, 3.05) is 20.6 Å². The second-order valence-electron chi connectivity index (χ2n) is 4.28. The second kappa shape index (κ2) is 8.77. The zero-order chi connectivity index (χ0) is 16.5. The van der Waals surface area contributed by atoms with Gasteiger partial charge in [-0.15, -0.1) is 0 Å². The van der Waals surface area contributed by atoms with E-state index in [9.17, 15) is 13.2 Å². The molecule has 0 amide bonds. The first kappa shape index (κ1) is 16.8. The predicted octanol–water partition coefficient (Wildman–Crippen LogP) is 4.18. The van der Waals surface area contributed by atoms with Crippen LogP contribution in [0.4, 0.5) is 13.2 Å². The Kier molecular flexibility index (Phi) is 6.40. The Balaban J connectivity index is 2.29. The number of ether oxygens (including phenoxy) is 4. The Labute approximate surface area is 131 Å². The molecule has 0 bridgehead atoms. The summed E-state index contributed by atoms with van der Waals surface area (Å²) in [6.45, 7) is -3.25. The summed E-state index contributed by atoms with van der Waals surface area (Å²) in [5.74, 6) is -0.127. The van der Waals surface area contributed by atoms with Gasteiger partial charge in [-0.05, 0) is 5.56 Å². The zero-order valence-electron chi connectivity index (χ0n) is 12.1. The van der Waals surface area contributed by atoms with Gasteiger partial charge < -0.3 is 18.9 Å². The topological polar surface area (TPSA) is 36.9 Å². The molecule has 4 nitrogen and oxygen atoms in total. The zero-order valence-corrected chi connectivity index (χ0v) is 12.1. The van der Waals surface area contributed by atoms with Crippen LogP contribution in [0.3, 0.4) is 0 Å². The summed E-state index contributed by atoms with van der Waals surface area (Å²) in [5.41, 5.74) is 0.842. The summed E-state index contributed by atoms with van der Waals surface area (Å²) < 4.78 is 57.2. The van der Waals surface area contributed by atoms with Gasteiger partial charge in [0.1, 0.15) is 12.4 Å². The van der Waals surface area contributed by atoms with Crippen molar-refractivity contribution in [3.63, 3.8) is 0 Å². The van der Waals surface area contributed by atoms with Gasteiger partial charge >= 0.3 is 0 Å². The number of hydrogen-bond donors (Lipinski definition) is 0. The van der Waals surface area contributed by atoms with Gasteiger partial charge in [-0.3, -0.25) is 0 Å². The molecule has 0 fully saturated rings. The minimum absolute atomic E-state index is 0.00598. The van der Waals surface area contributed by atoms with E-state index < -0.39 is 20.6 Å². The maximum absolute atomic E-state index is 12.5. The van der Waals surface area contributed by atoms with Crippen LogP contribution in [0.2, 0.25) is 0 Å². The third-order valence-corrected chi connectivity index (χ3v) is 2.86. The first-order valence-electron chi connectivity index (χ1n) is 6.69. The molecule has 0 aromatic heterocycles. The van der Waals surface area contributed by atoms with Gasteiger partial charge in [-0.1, -0.05) is 30.3 Å². The fourth-order valence-corrected chi connectivity index (χ4v) is 1.90. The Morgan fingerprint density at radius 2 is 1.26 bits per heavy atom. The van der Waals surface area contributed by atoms with Gasteiger partial charge in [-0.2, -0.15) is 0 Å². The predicted molar refractivity (Wildman–Crippen MR) is 77.0 cm³/mol. The Morgan fingerprint density at radius 1 is 0.696 bits per heavy atom. The monoisotopic (exact) mass is 328 g/mol. The molecule has 7 heteroatoms. The van der Waals surface area contributed by atoms with Crippen LogP contribution >= 0.6 is 0 Å². The summed E-state index contributed by atoms with van der Waals surface area (Å²) in [5, 5.41) is 0. The molecule has 0 aliphatic carbocycles. The van der Waals surface area contributed by atoms with E-state index in [1.54, 1.807) is 0 Å². The van der Waals surface area contributed by atoms with E-state index in [2.05, 4.69) is 4.74 Å². The lowest BCUT2D eigenvalue weighted by molar-refractivity contribution is 0.156. The molecule has 2 aromatic carbocycles. The molecular formula is C16H15F3O4. The molecule has 23 heavy (non-hydrogen) atoms. The van der Waals surface area contributed by atoms with Crippen LogP contribution in [0.5, 0.6) is 23.0 Å². The van der Waals surface area contributed by atoms with Crippen molar-refractivity contribution in [3.8, 4) is 23.0 Å². The molecule has 0 heterocycles. The second-order valence-corrected chi connectivity index (χ2v) is 4.28. The maximum atomic E-state index is 12.5. The minimum atomic E-state index is -1.14. The summed E-state index contributed by atoms with van der Waals surface area (Å²) in [6, 6.07) is 11.6. The van der Waals surface area contributed by atoms with Gasteiger partial charge in [0.2, 0.25) is 26.3 Å². The standard InChI is InChI=1S/C16H15F3O4/c17-9-21-13-6-14(22-10-18)16(15(7-13)23-11-19)20-8-12-4-2-1-3-5-12/h1-7H,8-11H2. The lowest BCUT2D eigenvalue weighted by Gasteiger charge is -2.16. The van der Waals surface area contributed by atoms with Crippen LogP contribution in [0.25, 0.3) is 0 Å². The highest BCUT2D eigenvalue weighted by Crippen LogP contribution is 2.42. The van der Waals surface area contributed by atoms with Crippen LogP contribution in [0.15, 0.2) is 42.5 Å². The van der Waals surface area contributed by atoms with Gasteiger partial charge in [0, 0.05) is 12.1 Å². The molecule has 0 saturated heterocycles. The van der Waals surface area contributed by atoms with Crippen molar-refractivity contribution >= 4 is 0 Å². The van der Waals surface area contributed by atoms with Gasteiger partial charge in [0.25, 0.3) is 0 Å². The van der Waals surface area contributed by atoms with Crippen LogP contribution in [-0.4, -0.2) is 20.6 Å². The van der Waals surface area contributed by atoms with Crippen LogP contribution in [0, 0.1) is 0 Å². The van der Waals surface area contributed by atoms with E-state index in [-0.39, 0.29) is 29.6 Å². The fraction of sp³-hybridized carbons (Fsp3) is 0.250. The van der Waals surface area contributed by atoms with Crippen molar-refractivity contribution in [1.82, 2.24) is 0 Å². The minimum Gasteiger partial charge on any atom is -0.482 e. The number of halogens is 3. The van der Waals surface area contributed by atoms with E-state index in [1.807, 2.05) is 30.3 Å². The molecule has 2 aromatic rings. The molecule has 0 N–H and O–H groups in total. The average Bonchev–Trinajstić information content (AvgIpc) is 2.56. The molecule has 0 aliphatic rings. The number of alkyl halides is 3. The van der Waals surface area contributed by atoms with Crippen LogP contribution < -0.4 is 18.9 Å². The molecule has 124 valence electrons. The van der Waals surface area contributed by atoms with Crippen molar-refractivity contribution in [3.05, 3.63) is 48.0 Å². The molecule has 0 radical (unpaired) electrons. The molecule has 0 saturated carbocycles. The van der Waals surface area contributed by atoms with E-state index in [0.29, 0.717) is 0 Å². The van der Waals surface area contributed by atoms with Gasteiger partial charge in [0.15, 0.2) is 11.5 Å². The van der Waals surface area contributed by atoms with Gasteiger partial charge in [0.05, 0.1) is 0 Å². The van der Waals surface area contributed by atoms with E-state index in [0.717, 1.165) is 5.56 Å². The van der Waals surface area contributed by atoms with Gasteiger partial charge in [-0.25, -0.2) is 13.2 Å².